The van der Waals surface area contributed by atoms with E-state index in [1.165, 1.54) is 0 Å². The number of methoxy groups -OCH3 is 2. The van der Waals surface area contributed by atoms with Crippen molar-refractivity contribution < 1.29 is 14.3 Å². The quantitative estimate of drug-likeness (QED) is 0.711. The lowest BCUT2D eigenvalue weighted by Crippen LogP contribution is -2.40. The Bertz CT molecular complexity index is 870. The minimum atomic E-state index is -0.157. The van der Waals surface area contributed by atoms with Crippen molar-refractivity contribution in [2.24, 2.45) is 0 Å². The van der Waals surface area contributed by atoms with Crippen molar-refractivity contribution in [2.75, 3.05) is 20.8 Å². The lowest BCUT2D eigenvalue weighted by atomic mass is 10.1. The van der Waals surface area contributed by atoms with Crippen LogP contribution in [0.1, 0.15) is 13.8 Å². The van der Waals surface area contributed by atoms with E-state index in [4.69, 9.17) is 9.47 Å². The Morgan fingerprint density at radius 1 is 1.00 bits per heavy atom. The topological polar surface area (TPSA) is 64.5 Å². The van der Waals surface area contributed by atoms with Crippen LogP contribution in [-0.2, 0) is 6.54 Å². The molecule has 0 aliphatic heterocycles. The number of hydrogen-bond acceptors (Lipinski definition) is 3. The average Bonchev–Trinajstić information content (AvgIpc) is 2.93. The Hall–Kier alpha value is -2.89. The molecule has 0 fully saturated rings. The minimum absolute atomic E-state index is 0.108. The first kappa shape index (κ1) is 17.9. The Balaban J connectivity index is 1.97. The summed E-state index contributed by atoms with van der Waals surface area (Å²) >= 11 is 0. The van der Waals surface area contributed by atoms with E-state index in [1.54, 1.807) is 14.2 Å². The van der Waals surface area contributed by atoms with Gasteiger partial charge in [-0.15, -0.1) is 0 Å². The second-order valence-electron chi connectivity index (χ2n) is 6.47. The maximum Gasteiger partial charge on any atom is 0.315 e. The van der Waals surface area contributed by atoms with Gasteiger partial charge in [0, 0.05) is 42.0 Å². The van der Waals surface area contributed by atoms with Crippen LogP contribution in [0.15, 0.2) is 36.4 Å². The molecule has 0 radical (unpaired) electrons. The lowest BCUT2D eigenvalue weighted by Gasteiger charge is -2.12. The SMILES string of the molecule is COc1ccc2c3ccc(OC)cc3n(CCNC(=O)NC(C)C)c2c1. The molecule has 3 aromatic rings. The molecular weight excluding hydrogens is 330 g/mol. The molecule has 2 aromatic carbocycles. The van der Waals surface area contributed by atoms with Gasteiger partial charge in [0.05, 0.1) is 25.3 Å². The zero-order valence-corrected chi connectivity index (χ0v) is 15.6. The van der Waals surface area contributed by atoms with Gasteiger partial charge in [0.2, 0.25) is 0 Å². The summed E-state index contributed by atoms with van der Waals surface area (Å²) in [4.78, 5) is 11.8. The van der Waals surface area contributed by atoms with Crippen molar-refractivity contribution in [1.29, 1.82) is 0 Å². The summed E-state index contributed by atoms with van der Waals surface area (Å²) < 4.78 is 13.0. The van der Waals surface area contributed by atoms with Crippen molar-refractivity contribution in [3.8, 4) is 11.5 Å². The average molecular weight is 355 g/mol. The number of ether oxygens (including phenoxy) is 2. The second-order valence-corrected chi connectivity index (χ2v) is 6.47. The highest BCUT2D eigenvalue weighted by Gasteiger charge is 2.13. The van der Waals surface area contributed by atoms with Gasteiger partial charge < -0.3 is 24.7 Å². The van der Waals surface area contributed by atoms with E-state index >= 15 is 0 Å². The monoisotopic (exact) mass is 355 g/mol. The fourth-order valence-electron chi connectivity index (χ4n) is 3.14. The summed E-state index contributed by atoms with van der Waals surface area (Å²) in [5, 5.41) is 8.04. The first-order chi connectivity index (χ1) is 12.5. The number of nitrogens with zero attached hydrogens (tertiary/aromatic N) is 1. The molecule has 138 valence electrons. The third kappa shape index (κ3) is 3.54. The summed E-state index contributed by atoms with van der Waals surface area (Å²) in [7, 11) is 3.32. The van der Waals surface area contributed by atoms with Crippen LogP contribution in [-0.4, -0.2) is 37.4 Å². The van der Waals surface area contributed by atoms with Gasteiger partial charge in [-0.05, 0) is 38.1 Å². The summed E-state index contributed by atoms with van der Waals surface area (Å²) in [6, 6.07) is 12.1. The molecule has 0 bridgehead atoms. The molecule has 6 nitrogen and oxygen atoms in total. The Labute approximate surface area is 153 Å². The Morgan fingerprint density at radius 3 is 2.00 bits per heavy atom. The fraction of sp³-hybridized carbons (Fsp3) is 0.350. The molecule has 1 aromatic heterocycles. The van der Waals surface area contributed by atoms with Gasteiger partial charge in [0.15, 0.2) is 0 Å². The van der Waals surface area contributed by atoms with Crippen LogP contribution in [0.5, 0.6) is 11.5 Å². The number of hydrogen-bond donors (Lipinski definition) is 2. The summed E-state index contributed by atoms with van der Waals surface area (Å²) in [5.74, 6) is 1.61. The number of carbonyl (C=O) groups excluding carboxylic acids is 1. The maximum absolute atomic E-state index is 11.8. The van der Waals surface area contributed by atoms with Crippen molar-refractivity contribution in [2.45, 2.75) is 26.4 Å². The molecule has 0 saturated heterocycles. The highest BCUT2D eigenvalue weighted by Crippen LogP contribution is 2.33. The highest BCUT2D eigenvalue weighted by molar-refractivity contribution is 6.08. The maximum atomic E-state index is 11.8. The molecule has 0 aliphatic carbocycles. The van der Waals surface area contributed by atoms with E-state index in [2.05, 4.69) is 27.3 Å². The first-order valence-corrected chi connectivity index (χ1v) is 8.72. The largest absolute Gasteiger partial charge is 0.497 e. The van der Waals surface area contributed by atoms with Crippen molar-refractivity contribution >= 4 is 27.8 Å². The number of aromatic nitrogens is 1. The molecule has 0 unspecified atom stereocenters. The van der Waals surface area contributed by atoms with E-state index in [-0.39, 0.29) is 12.1 Å². The molecule has 0 spiro atoms. The van der Waals surface area contributed by atoms with E-state index in [0.29, 0.717) is 13.1 Å². The molecule has 26 heavy (non-hydrogen) atoms. The number of amides is 2. The third-order valence-electron chi connectivity index (χ3n) is 4.32. The molecule has 2 amide bonds. The summed E-state index contributed by atoms with van der Waals surface area (Å²) in [6.45, 7) is 5.04. The van der Waals surface area contributed by atoms with Crippen LogP contribution in [0.2, 0.25) is 0 Å². The zero-order valence-electron chi connectivity index (χ0n) is 15.6. The molecule has 0 saturated carbocycles. The highest BCUT2D eigenvalue weighted by atomic mass is 16.5. The zero-order chi connectivity index (χ0) is 18.7. The standard InChI is InChI=1S/C20H25N3O3/c1-13(2)22-20(24)21-9-10-23-18-11-14(25-3)5-7-16(18)17-8-6-15(26-4)12-19(17)23/h5-8,11-13H,9-10H2,1-4H3,(H2,21,22,24). The normalized spacial score (nSPS) is 11.1. The predicted molar refractivity (Wildman–Crippen MR) is 104 cm³/mol. The van der Waals surface area contributed by atoms with Crippen LogP contribution in [0.4, 0.5) is 4.79 Å². The van der Waals surface area contributed by atoms with Crippen LogP contribution >= 0.6 is 0 Å². The molecule has 0 atom stereocenters. The van der Waals surface area contributed by atoms with Crippen LogP contribution in [0.25, 0.3) is 21.8 Å². The van der Waals surface area contributed by atoms with Gasteiger partial charge in [0.25, 0.3) is 0 Å². The number of urea groups is 1. The second kappa shape index (κ2) is 7.56. The molecule has 1 heterocycles. The Morgan fingerprint density at radius 2 is 1.54 bits per heavy atom. The molecule has 0 aliphatic rings. The first-order valence-electron chi connectivity index (χ1n) is 8.72. The minimum Gasteiger partial charge on any atom is -0.497 e. The van der Waals surface area contributed by atoms with Crippen LogP contribution in [0, 0.1) is 0 Å². The summed E-state index contributed by atoms with van der Waals surface area (Å²) in [6.07, 6.45) is 0. The fourth-order valence-corrected chi connectivity index (χ4v) is 3.14. The summed E-state index contributed by atoms with van der Waals surface area (Å²) in [5.41, 5.74) is 2.14. The van der Waals surface area contributed by atoms with Crippen molar-refractivity contribution in [3.63, 3.8) is 0 Å². The number of benzene rings is 2. The van der Waals surface area contributed by atoms with Crippen LogP contribution in [0.3, 0.4) is 0 Å². The van der Waals surface area contributed by atoms with E-state index in [1.807, 2.05) is 38.1 Å². The third-order valence-corrected chi connectivity index (χ3v) is 4.32. The van der Waals surface area contributed by atoms with E-state index < -0.39 is 0 Å². The Kier molecular flexibility index (Phi) is 5.21. The van der Waals surface area contributed by atoms with Gasteiger partial charge in [-0.3, -0.25) is 0 Å². The van der Waals surface area contributed by atoms with Gasteiger partial charge in [-0.2, -0.15) is 0 Å². The molecule has 2 N–H and O–H groups in total. The van der Waals surface area contributed by atoms with Crippen molar-refractivity contribution in [3.05, 3.63) is 36.4 Å². The number of rotatable bonds is 6. The van der Waals surface area contributed by atoms with Gasteiger partial charge in [0.1, 0.15) is 11.5 Å². The number of nitrogens with one attached hydrogen (secondary N) is 2. The predicted octanol–water partition coefficient (Wildman–Crippen LogP) is 3.52. The van der Waals surface area contributed by atoms with Gasteiger partial charge in [-0.25, -0.2) is 4.79 Å². The molecular formula is C20H25N3O3. The van der Waals surface area contributed by atoms with E-state index in [9.17, 15) is 4.79 Å². The van der Waals surface area contributed by atoms with Gasteiger partial charge in [-0.1, -0.05) is 0 Å². The van der Waals surface area contributed by atoms with Crippen molar-refractivity contribution in [1.82, 2.24) is 15.2 Å². The number of carbonyl (C=O) groups is 1. The van der Waals surface area contributed by atoms with Gasteiger partial charge >= 0.3 is 6.03 Å². The number of fused-ring (bicyclic) bond motifs is 3. The molecule has 6 heteroatoms. The van der Waals surface area contributed by atoms with E-state index in [0.717, 1.165) is 33.3 Å². The molecule has 3 rings (SSSR count). The lowest BCUT2D eigenvalue weighted by molar-refractivity contribution is 0.238. The smallest absolute Gasteiger partial charge is 0.315 e. The van der Waals surface area contributed by atoms with Crippen LogP contribution < -0.4 is 20.1 Å².